The molecule has 0 aliphatic rings. The largest absolute Gasteiger partial charge is 0.462 e. The monoisotopic (exact) mass is 400 g/mol. The van der Waals surface area contributed by atoms with E-state index in [1.807, 2.05) is 13.8 Å². The smallest absolute Gasteiger partial charge is 0.341 e. The minimum atomic E-state index is -4.29. The highest BCUT2D eigenvalue weighted by Crippen LogP contribution is 2.27. The van der Waals surface area contributed by atoms with Crippen LogP contribution in [0.3, 0.4) is 0 Å². The SMILES string of the molecule is CCCC(C)COC(=O)c1cc(Br)cc(S(=O)(=O)Cl)c1F. The van der Waals surface area contributed by atoms with Crippen LogP contribution in [0.2, 0.25) is 0 Å². The molecule has 21 heavy (non-hydrogen) atoms. The zero-order chi connectivity index (χ0) is 16.2. The maximum absolute atomic E-state index is 14.1. The summed E-state index contributed by atoms with van der Waals surface area (Å²) in [4.78, 5) is 11.1. The van der Waals surface area contributed by atoms with Crippen LogP contribution in [0.25, 0.3) is 0 Å². The van der Waals surface area contributed by atoms with E-state index < -0.39 is 31.3 Å². The van der Waals surface area contributed by atoms with Crippen LogP contribution in [-0.2, 0) is 13.8 Å². The molecule has 0 aromatic heterocycles. The first kappa shape index (κ1) is 18.4. The van der Waals surface area contributed by atoms with E-state index in [9.17, 15) is 17.6 Å². The third-order valence-electron chi connectivity index (χ3n) is 2.77. The van der Waals surface area contributed by atoms with Gasteiger partial charge in [0.15, 0.2) is 5.82 Å². The molecule has 1 aromatic carbocycles. The van der Waals surface area contributed by atoms with E-state index in [1.165, 1.54) is 0 Å². The standard InChI is InChI=1S/C13H15BrClFO4S/c1-3-4-8(2)7-20-13(17)10-5-9(14)6-11(12(10)16)21(15,18)19/h5-6,8H,3-4,7H2,1-2H3. The molecule has 4 nitrogen and oxygen atoms in total. The fraction of sp³-hybridized carbons (Fsp3) is 0.462. The fourth-order valence-electron chi connectivity index (χ4n) is 1.76. The van der Waals surface area contributed by atoms with Gasteiger partial charge in [0.25, 0.3) is 9.05 Å². The van der Waals surface area contributed by atoms with Crippen LogP contribution < -0.4 is 0 Å². The van der Waals surface area contributed by atoms with Gasteiger partial charge in [-0.2, -0.15) is 0 Å². The van der Waals surface area contributed by atoms with Crippen LogP contribution in [0.4, 0.5) is 4.39 Å². The molecule has 1 atom stereocenters. The second kappa shape index (κ2) is 7.56. The van der Waals surface area contributed by atoms with Gasteiger partial charge in [-0.1, -0.05) is 36.2 Å². The summed E-state index contributed by atoms with van der Waals surface area (Å²) < 4.78 is 41.9. The number of rotatable bonds is 6. The molecule has 0 heterocycles. The third-order valence-corrected chi connectivity index (χ3v) is 4.55. The molecule has 118 valence electrons. The number of esters is 1. The van der Waals surface area contributed by atoms with Crippen molar-refractivity contribution in [2.75, 3.05) is 6.61 Å². The summed E-state index contributed by atoms with van der Waals surface area (Å²) in [6.45, 7) is 4.05. The van der Waals surface area contributed by atoms with Crippen LogP contribution in [0, 0.1) is 11.7 Å². The molecule has 0 N–H and O–H groups in total. The van der Waals surface area contributed by atoms with Crippen LogP contribution in [0.1, 0.15) is 37.0 Å². The first-order valence-corrected chi connectivity index (χ1v) is 9.37. The Balaban J connectivity index is 3.03. The predicted molar refractivity (Wildman–Crippen MR) is 81.5 cm³/mol. The molecule has 0 fully saturated rings. The van der Waals surface area contributed by atoms with Gasteiger partial charge in [-0.3, -0.25) is 0 Å². The van der Waals surface area contributed by atoms with Crippen LogP contribution >= 0.6 is 26.6 Å². The summed E-state index contributed by atoms with van der Waals surface area (Å²) >= 11 is 3.02. The van der Waals surface area contributed by atoms with E-state index in [-0.39, 0.29) is 17.0 Å². The van der Waals surface area contributed by atoms with E-state index >= 15 is 0 Å². The lowest BCUT2D eigenvalue weighted by atomic mass is 10.1. The topological polar surface area (TPSA) is 60.4 Å². The molecule has 0 amide bonds. The van der Waals surface area contributed by atoms with Crippen molar-refractivity contribution in [3.63, 3.8) is 0 Å². The molecule has 0 aliphatic carbocycles. The molecule has 0 radical (unpaired) electrons. The highest BCUT2D eigenvalue weighted by atomic mass is 79.9. The molecule has 1 unspecified atom stereocenters. The second-order valence-electron chi connectivity index (χ2n) is 4.70. The van der Waals surface area contributed by atoms with E-state index in [0.29, 0.717) is 0 Å². The van der Waals surface area contributed by atoms with E-state index in [2.05, 4.69) is 15.9 Å². The van der Waals surface area contributed by atoms with Gasteiger partial charge in [0.1, 0.15) is 4.90 Å². The van der Waals surface area contributed by atoms with E-state index in [4.69, 9.17) is 15.4 Å². The number of hydrogen-bond donors (Lipinski definition) is 0. The maximum atomic E-state index is 14.1. The lowest BCUT2D eigenvalue weighted by Crippen LogP contribution is -2.14. The van der Waals surface area contributed by atoms with Gasteiger partial charge < -0.3 is 4.74 Å². The van der Waals surface area contributed by atoms with Crippen LogP contribution in [-0.4, -0.2) is 21.0 Å². The van der Waals surface area contributed by atoms with Gasteiger partial charge in [0, 0.05) is 15.2 Å². The lowest BCUT2D eigenvalue weighted by molar-refractivity contribution is 0.0437. The van der Waals surface area contributed by atoms with Crippen molar-refractivity contribution >= 4 is 41.6 Å². The number of benzene rings is 1. The Kier molecular flexibility index (Phi) is 6.62. The lowest BCUT2D eigenvalue weighted by Gasteiger charge is -2.12. The molecular formula is C13H15BrClFO4S. The molecule has 1 aromatic rings. The number of hydrogen-bond acceptors (Lipinski definition) is 4. The summed E-state index contributed by atoms with van der Waals surface area (Å²) in [7, 11) is 0.848. The summed E-state index contributed by atoms with van der Waals surface area (Å²) in [6, 6.07) is 2.15. The minimum Gasteiger partial charge on any atom is -0.462 e. The quantitative estimate of drug-likeness (QED) is 0.532. The summed E-state index contributed by atoms with van der Waals surface area (Å²) in [5.74, 6) is -1.98. The highest BCUT2D eigenvalue weighted by molar-refractivity contribution is 9.10. The number of carbonyl (C=O) groups excluding carboxylic acids is 1. The van der Waals surface area contributed by atoms with E-state index in [1.54, 1.807) is 0 Å². The molecule has 8 heteroatoms. The Morgan fingerprint density at radius 3 is 2.62 bits per heavy atom. The summed E-state index contributed by atoms with van der Waals surface area (Å²) in [5.41, 5.74) is -0.465. The third kappa shape index (κ3) is 5.23. The molecule has 0 saturated heterocycles. The zero-order valence-electron chi connectivity index (χ0n) is 11.5. The summed E-state index contributed by atoms with van der Waals surface area (Å²) in [5, 5.41) is 0. The van der Waals surface area contributed by atoms with Gasteiger partial charge >= 0.3 is 5.97 Å². The Bertz CT molecular complexity index is 633. The predicted octanol–water partition coefficient (Wildman–Crippen LogP) is 4.11. The van der Waals surface area contributed by atoms with Crippen molar-refractivity contribution in [3.05, 3.63) is 28.0 Å². The van der Waals surface area contributed by atoms with Gasteiger partial charge in [-0.25, -0.2) is 17.6 Å². The van der Waals surface area contributed by atoms with Gasteiger partial charge in [-0.15, -0.1) is 0 Å². The van der Waals surface area contributed by atoms with Gasteiger partial charge in [0.2, 0.25) is 0 Å². The Hall–Kier alpha value is -0.660. The molecule has 0 bridgehead atoms. The molecule has 0 spiro atoms. The van der Waals surface area contributed by atoms with Crippen LogP contribution in [0.15, 0.2) is 21.5 Å². The van der Waals surface area contributed by atoms with E-state index in [0.717, 1.165) is 25.0 Å². The highest BCUT2D eigenvalue weighted by Gasteiger charge is 2.24. The zero-order valence-corrected chi connectivity index (χ0v) is 14.7. The molecule has 1 rings (SSSR count). The normalized spacial score (nSPS) is 13.0. The number of carbonyl (C=O) groups is 1. The summed E-state index contributed by atoms with van der Waals surface area (Å²) in [6.07, 6.45) is 1.81. The first-order chi connectivity index (χ1) is 9.66. The average molecular weight is 402 g/mol. The minimum absolute atomic E-state index is 0.140. The molecule has 0 aliphatic heterocycles. The Morgan fingerprint density at radius 2 is 2.10 bits per heavy atom. The van der Waals surface area contributed by atoms with Crippen molar-refractivity contribution in [1.29, 1.82) is 0 Å². The fourth-order valence-corrected chi connectivity index (χ4v) is 3.30. The van der Waals surface area contributed by atoms with Crippen molar-refractivity contribution in [1.82, 2.24) is 0 Å². The molecule has 0 saturated carbocycles. The van der Waals surface area contributed by atoms with Crippen LogP contribution in [0.5, 0.6) is 0 Å². The average Bonchev–Trinajstić information content (AvgIpc) is 2.37. The number of ether oxygens (including phenoxy) is 1. The van der Waals surface area contributed by atoms with Gasteiger partial charge in [-0.05, 0) is 24.5 Å². The molecular weight excluding hydrogens is 387 g/mol. The maximum Gasteiger partial charge on any atom is 0.341 e. The van der Waals surface area contributed by atoms with Crippen molar-refractivity contribution in [2.45, 2.75) is 31.6 Å². The van der Waals surface area contributed by atoms with Crippen molar-refractivity contribution in [3.8, 4) is 0 Å². The Labute approximate surface area is 136 Å². The number of halogens is 3. The Morgan fingerprint density at radius 1 is 1.48 bits per heavy atom. The van der Waals surface area contributed by atoms with Crippen molar-refractivity contribution < 1.29 is 22.3 Å². The van der Waals surface area contributed by atoms with Crippen molar-refractivity contribution in [2.24, 2.45) is 5.92 Å². The second-order valence-corrected chi connectivity index (χ2v) is 8.15. The first-order valence-electron chi connectivity index (χ1n) is 6.27. The van der Waals surface area contributed by atoms with Gasteiger partial charge in [0.05, 0.1) is 12.2 Å².